The van der Waals surface area contributed by atoms with E-state index in [1.165, 1.54) is 0 Å². The van der Waals surface area contributed by atoms with Crippen molar-refractivity contribution in [2.24, 2.45) is 5.73 Å². The van der Waals surface area contributed by atoms with Crippen LogP contribution in [-0.2, 0) is 15.9 Å². The van der Waals surface area contributed by atoms with Gasteiger partial charge in [0.1, 0.15) is 0 Å². The topological polar surface area (TPSA) is 83.4 Å². The first-order chi connectivity index (χ1) is 8.31. The van der Waals surface area contributed by atoms with E-state index in [1.54, 1.807) is 0 Å². The summed E-state index contributed by atoms with van der Waals surface area (Å²) in [5.41, 5.74) is 6.01. The lowest BCUT2D eigenvalue weighted by Crippen LogP contribution is -2.37. The third-order valence-electron chi connectivity index (χ3n) is 2.88. The van der Waals surface area contributed by atoms with Gasteiger partial charge in [0.25, 0.3) is 0 Å². The van der Waals surface area contributed by atoms with Crippen LogP contribution in [0.25, 0.3) is 0 Å². The van der Waals surface area contributed by atoms with Gasteiger partial charge in [-0.25, -0.2) is 0 Å². The largest absolute Gasteiger partial charge is 0.381 e. The molecule has 2 N–H and O–H groups in total. The maximum Gasteiger partial charge on any atom is 0.233 e. The predicted octanol–water partition coefficient (Wildman–Crippen LogP) is 0.480. The van der Waals surface area contributed by atoms with Crippen molar-refractivity contribution in [2.45, 2.75) is 31.7 Å². The van der Waals surface area contributed by atoms with Gasteiger partial charge in [-0.3, -0.25) is 0 Å². The average molecular weight is 241 g/mol. The van der Waals surface area contributed by atoms with E-state index in [0.717, 1.165) is 6.42 Å². The van der Waals surface area contributed by atoms with Crippen LogP contribution in [0.4, 0.5) is 0 Å². The van der Waals surface area contributed by atoms with Gasteiger partial charge in [0, 0.05) is 25.7 Å². The molecule has 0 amide bonds. The molecule has 2 unspecified atom stereocenters. The van der Waals surface area contributed by atoms with Crippen LogP contribution in [0.15, 0.2) is 4.52 Å². The van der Waals surface area contributed by atoms with Gasteiger partial charge in [0.2, 0.25) is 5.89 Å². The number of nitrogens with zero attached hydrogens (tertiary/aromatic N) is 2. The molecule has 1 fully saturated rings. The predicted molar refractivity (Wildman–Crippen MR) is 60.6 cm³/mol. The summed E-state index contributed by atoms with van der Waals surface area (Å²) < 4.78 is 15.9. The van der Waals surface area contributed by atoms with Gasteiger partial charge in [-0.2, -0.15) is 4.98 Å². The molecule has 0 radical (unpaired) electrons. The first-order valence-corrected chi connectivity index (χ1v) is 6.04. The molecule has 1 aliphatic rings. The molecule has 2 rings (SSSR count). The third kappa shape index (κ3) is 3.24. The van der Waals surface area contributed by atoms with Crippen LogP contribution in [0, 0.1) is 0 Å². The standard InChI is InChI=1S/C11H19N3O3/c1-2-15-6-4-10-13-11(17-14-10)8-7-16-5-3-9(8)12/h8-9H,2-7,12H2,1H3. The molecule has 17 heavy (non-hydrogen) atoms. The minimum absolute atomic E-state index is 0.0251. The molecular weight excluding hydrogens is 222 g/mol. The van der Waals surface area contributed by atoms with E-state index >= 15 is 0 Å². The SMILES string of the molecule is CCOCCc1noc(C2COCCC2N)n1. The lowest BCUT2D eigenvalue weighted by atomic mass is 9.97. The molecule has 0 saturated carbocycles. The van der Waals surface area contributed by atoms with E-state index in [-0.39, 0.29) is 12.0 Å². The first kappa shape index (κ1) is 12.5. The van der Waals surface area contributed by atoms with Crippen molar-refractivity contribution >= 4 is 0 Å². The van der Waals surface area contributed by atoms with Gasteiger partial charge >= 0.3 is 0 Å². The molecule has 1 aromatic rings. The molecule has 1 saturated heterocycles. The molecule has 6 nitrogen and oxygen atoms in total. The molecule has 2 atom stereocenters. The molecule has 6 heteroatoms. The van der Waals surface area contributed by atoms with E-state index in [9.17, 15) is 0 Å². The highest BCUT2D eigenvalue weighted by atomic mass is 16.5. The Morgan fingerprint density at radius 3 is 3.18 bits per heavy atom. The van der Waals surface area contributed by atoms with Crippen LogP contribution in [0.5, 0.6) is 0 Å². The molecule has 0 aliphatic carbocycles. The van der Waals surface area contributed by atoms with Gasteiger partial charge in [0.15, 0.2) is 5.82 Å². The summed E-state index contributed by atoms with van der Waals surface area (Å²) >= 11 is 0. The van der Waals surface area contributed by atoms with Crippen molar-refractivity contribution in [1.82, 2.24) is 10.1 Å². The maximum absolute atomic E-state index is 6.01. The Morgan fingerprint density at radius 1 is 1.53 bits per heavy atom. The van der Waals surface area contributed by atoms with Gasteiger partial charge in [-0.1, -0.05) is 5.16 Å². The molecule has 2 heterocycles. The van der Waals surface area contributed by atoms with Crippen molar-refractivity contribution in [3.8, 4) is 0 Å². The Hall–Kier alpha value is -0.980. The fourth-order valence-corrected chi connectivity index (χ4v) is 1.84. The molecule has 1 aliphatic heterocycles. The number of rotatable bonds is 5. The van der Waals surface area contributed by atoms with Crippen LogP contribution in [0.3, 0.4) is 0 Å². The zero-order valence-corrected chi connectivity index (χ0v) is 10.1. The van der Waals surface area contributed by atoms with Gasteiger partial charge in [0.05, 0.1) is 19.1 Å². The van der Waals surface area contributed by atoms with Gasteiger partial charge < -0.3 is 19.7 Å². The van der Waals surface area contributed by atoms with Gasteiger partial charge in [-0.15, -0.1) is 0 Å². The van der Waals surface area contributed by atoms with Crippen LogP contribution in [0.1, 0.15) is 31.0 Å². The molecule has 0 spiro atoms. The second-order valence-corrected chi connectivity index (χ2v) is 4.13. The van der Waals surface area contributed by atoms with Crippen molar-refractivity contribution in [3.05, 3.63) is 11.7 Å². The Labute approximate surface area is 100 Å². The Bertz CT molecular complexity index is 342. The molecular formula is C11H19N3O3. The molecule has 0 bridgehead atoms. The smallest absolute Gasteiger partial charge is 0.233 e. The fourth-order valence-electron chi connectivity index (χ4n) is 1.84. The summed E-state index contributed by atoms with van der Waals surface area (Å²) in [6.45, 7) is 4.55. The number of ether oxygens (including phenoxy) is 2. The summed E-state index contributed by atoms with van der Waals surface area (Å²) in [5.74, 6) is 1.28. The summed E-state index contributed by atoms with van der Waals surface area (Å²) in [4.78, 5) is 4.34. The number of nitrogens with two attached hydrogens (primary N) is 1. The highest BCUT2D eigenvalue weighted by Crippen LogP contribution is 2.23. The first-order valence-electron chi connectivity index (χ1n) is 6.04. The van der Waals surface area contributed by atoms with Crippen molar-refractivity contribution < 1.29 is 14.0 Å². The molecule has 96 valence electrons. The number of hydrogen-bond acceptors (Lipinski definition) is 6. The normalized spacial score (nSPS) is 25.1. The highest BCUT2D eigenvalue weighted by Gasteiger charge is 2.28. The second kappa shape index (κ2) is 6.09. The second-order valence-electron chi connectivity index (χ2n) is 4.13. The number of hydrogen-bond donors (Lipinski definition) is 1. The summed E-state index contributed by atoms with van der Waals surface area (Å²) in [6, 6.07) is 0.0453. The van der Waals surface area contributed by atoms with Crippen LogP contribution in [0.2, 0.25) is 0 Å². The minimum Gasteiger partial charge on any atom is -0.381 e. The van der Waals surface area contributed by atoms with Gasteiger partial charge in [-0.05, 0) is 13.3 Å². The molecule has 0 aromatic carbocycles. The Kier molecular flexibility index (Phi) is 4.47. The fraction of sp³-hybridized carbons (Fsp3) is 0.818. The van der Waals surface area contributed by atoms with E-state index in [0.29, 0.717) is 44.6 Å². The van der Waals surface area contributed by atoms with E-state index in [2.05, 4.69) is 10.1 Å². The van der Waals surface area contributed by atoms with E-state index in [4.69, 9.17) is 19.7 Å². The summed E-state index contributed by atoms with van der Waals surface area (Å²) in [5, 5.41) is 3.92. The summed E-state index contributed by atoms with van der Waals surface area (Å²) in [6.07, 6.45) is 1.50. The van der Waals surface area contributed by atoms with Crippen LogP contribution in [-0.4, -0.2) is 42.6 Å². The Morgan fingerprint density at radius 2 is 2.41 bits per heavy atom. The summed E-state index contributed by atoms with van der Waals surface area (Å²) in [7, 11) is 0. The molecule has 1 aromatic heterocycles. The number of aromatic nitrogens is 2. The minimum atomic E-state index is 0.0251. The van der Waals surface area contributed by atoms with Crippen molar-refractivity contribution in [1.29, 1.82) is 0 Å². The average Bonchev–Trinajstić information content (AvgIpc) is 2.79. The maximum atomic E-state index is 6.01. The van der Waals surface area contributed by atoms with E-state index in [1.807, 2.05) is 6.92 Å². The highest BCUT2D eigenvalue weighted by molar-refractivity contribution is 5.00. The zero-order chi connectivity index (χ0) is 12.1. The third-order valence-corrected chi connectivity index (χ3v) is 2.88. The zero-order valence-electron chi connectivity index (χ0n) is 10.1. The monoisotopic (exact) mass is 241 g/mol. The Balaban J connectivity index is 1.92. The van der Waals surface area contributed by atoms with Crippen molar-refractivity contribution in [2.75, 3.05) is 26.4 Å². The lowest BCUT2D eigenvalue weighted by Gasteiger charge is -2.25. The van der Waals surface area contributed by atoms with Crippen LogP contribution < -0.4 is 5.73 Å². The van der Waals surface area contributed by atoms with E-state index < -0.39 is 0 Å². The quantitative estimate of drug-likeness (QED) is 0.755. The lowest BCUT2D eigenvalue weighted by molar-refractivity contribution is 0.0590. The van der Waals surface area contributed by atoms with Crippen LogP contribution >= 0.6 is 0 Å². The van der Waals surface area contributed by atoms with Crippen molar-refractivity contribution in [3.63, 3.8) is 0 Å².